The normalized spacial score (nSPS) is 11.7. The van der Waals surface area contributed by atoms with Gasteiger partial charge in [0.15, 0.2) is 5.84 Å². The number of nitrogens with two attached hydrogens (primary N) is 2. The molecule has 1 rings (SSSR count). The van der Waals surface area contributed by atoms with E-state index in [0.29, 0.717) is 5.84 Å². The van der Waals surface area contributed by atoms with Crippen molar-refractivity contribution in [1.82, 2.24) is 0 Å². The van der Waals surface area contributed by atoms with Crippen LogP contribution in [-0.4, -0.2) is 5.84 Å². The molecule has 0 amide bonds. The lowest BCUT2D eigenvalue weighted by Gasteiger charge is -2.04. The SMILES string of the molecule is Cc1ccc(C)c(/C(N)=N\N)c1. The predicted octanol–water partition coefficient (Wildman–Crippen LogP) is 0.882. The van der Waals surface area contributed by atoms with Crippen molar-refractivity contribution >= 4 is 5.84 Å². The Labute approximate surface area is 72.1 Å². The minimum Gasteiger partial charge on any atom is -0.382 e. The van der Waals surface area contributed by atoms with Crippen LogP contribution in [-0.2, 0) is 0 Å². The van der Waals surface area contributed by atoms with E-state index in [1.807, 2.05) is 32.0 Å². The number of amidine groups is 1. The molecule has 0 aliphatic rings. The monoisotopic (exact) mass is 163 g/mol. The topological polar surface area (TPSA) is 64.4 Å². The number of nitrogens with zero attached hydrogens (tertiary/aromatic N) is 1. The van der Waals surface area contributed by atoms with E-state index in [1.54, 1.807) is 0 Å². The molecule has 0 unspecified atom stereocenters. The summed E-state index contributed by atoms with van der Waals surface area (Å²) in [7, 11) is 0. The maximum atomic E-state index is 5.59. The van der Waals surface area contributed by atoms with Crippen molar-refractivity contribution in [2.24, 2.45) is 16.7 Å². The van der Waals surface area contributed by atoms with Crippen LogP contribution in [0.1, 0.15) is 16.7 Å². The summed E-state index contributed by atoms with van der Waals surface area (Å²) in [5.74, 6) is 5.47. The zero-order chi connectivity index (χ0) is 9.14. The van der Waals surface area contributed by atoms with Gasteiger partial charge in [0.25, 0.3) is 0 Å². The summed E-state index contributed by atoms with van der Waals surface area (Å²) in [6, 6.07) is 6.01. The summed E-state index contributed by atoms with van der Waals surface area (Å²) >= 11 is 0. The highest BCUT2D eigenvalue weighted by Gasteiger charge is 2.01. The molecule has 0 aromatic heterocycles. The van der Waals surface area contributed by atoms with Gasteiger partial charge in [-0.3, -0.25) is 0 Å². The number of hydrazone groups is 1. The van der Waals surface area contributed by atoms with Crippen LogP contribution in [0.15, 0.2) is 23.3 Å². The van der Waals surface area contributed by atoms with Gasteiger partial charge in [-0.15, -0.1) is 0 Å². The molecule has 12 heavy (non-hydrogen) atoms. The van der Waals surface area contributed by atoms with Crippen LogP contribution in [0.5, 0.6) is 0 Å². The Morgan fingerprint density at radius 2 is 2.00 bits per heavy atom. The van der Waals surface area contributed by atoms with Crippen molar-refractivity contribution in [3.63, 3.8) is 0 Å². The highest BCUT2D eigenvalue weighted by Crippen LogP contribution is 2.09. The molecule has 0 heterocycles. The zero-order valence-corrected chi connectivity index (χ0v) is 7.33. The van der Waals surface area contributed by atoms with Gasteiger partial charge in [0.2, 0.25) is 0 Å². The molecule has 0 saturated heterocycles. The number of hydrogen-bond donors (Lipinski definition) is 2. The first-order valence-corrected chi connectivity index (χ1v) is 3.76. The second-order valence-electron chi connectivity index (χ2n) is 2.83. The summed E-state index contributed by atoms with van der Waals surface area (Å²) in [5.41, 5.74) is 8.75. The number of aryl methyl sites for hydroxylation is 2. The Morgan fingerprint density at radius 3 is 2.58 bits per heavy atom. The van der Waals surface area contributed by atoms with E-state index in [9.17, 15) is 0 Å². The standard InChI is InChI=1S/C9H13N3/c1-6-3-4-7(2)8(5-6)9(10)12-11/h3-5H,11H2,1-2H3,(H2,10,12). The molecule has 0 radical (unpaired) electrons. The fourth-order valence-electron chi connectivity index (χ4n) is 1.08. The van der Waals surface area contributed by atoms with E-state index in [2.05, 4.69) is 5.10 Å². The number of benzene rings is 1. The first-order valence-electron chi connectivity index (χ1n) is 3.76. The molecule has 0 saturated carbocycles. The van der Waals surface area contributed by atoms with Crippen molar-refractivity contribution in [1.29, 1.82) is 0 Å². The second kappa shape index (κ2) is 3.26. The fraction of sp³-hybridized carbons (Fsp3) is 0.222. The van der Waals surface area contributed by atoms with E-state index in [1.165, 1.54) is 0 Å². The average Bonchev–Trinajstić information content (AvgIpc) is 2.08. The quantitative estimate of drug-likeness (QED) is 0.279. The summed E-state index contributed by atoms with van der Waals surface area (Å²) in [6.07, 6.45) is 0. The number of hydrogen-bond acceptors (Lipinski definition) is 2. The number of rotatable bonds is 1. The van der Waals surface area contributed by atoms with Crippen LogP contribution in [0.2, 0.25) is 0 Å². The summed E-state index contributed by atoms with van der Waals surface area (Å²) in [5, 5.41) is 3.46. The van der Waals surface area contributed by atoms with Gasteiger partial charge in [-0.05, 0) is 25.5 Å². The molecular weight excluding hydrogens is 150 g/mol. The largest absolute Gasteiger partial charge is 0.382 e. The third-order valence-electron chi connectivity index (χ3n) is 1.81. The minimum absolute atomic E-state index is 0.385. The third-order valence-corrected chi connectivity index (χ3v) is 1.81. The van der Waals surface area contributed by atoms with Gasteiger partial charge >= 0.3 is 0 Å². The van der Waals surface area contributed by atoms with Crippen LogP contribution in [0, 0.1) is 13.8 Å². The Kier molecular flexibility index (Phi) is 2.33. The highest BCUT2D eigenvalue weighted by atomic mass is 15.2. The summed E-state index contributed by atoms with van der Waals surface area (Å²) in [4.78, 5) is 0. The van der Waals surface area contributed by atoms with Gasteiger partial charge in [-0.1, -0.05) is 17.7 Å². The van der Waals surface area contributed by atoms with Gasteiger partial charge < -0.3 is 11.6 Å². The lowest BCUT2D eigenvalue weighted by atomic mass is 10.1. The molecule has 0 aliphatic carbocycles. The molecule has 4 N–H and O–H groups in total. The predicted molar refractivity (Wildman–Crippen MR) is 50.8 cm³/mol. The lowest BCUT2D eigenvalue weighted by Crippen LogP contribution is -2.16. The Balaban J connectivity index is 3.23. The van der Waals surface area contributed by atoms with E-state index in [-0.39, 0.29) is 0 Å². The zero-order valence-electron chi connectivity index (χ0n) is 7.33. The van der Waals surface area contributed by atoms with Crippen molar-refractivity contribution in [3.8, 4) is 0 Å². The fourth-order valence-corrected chi connectivity index (χ4v) is 1.08. The van der Waals surface area contributed by atoms with E-state index >= 15 is 0 Å². The molecular formula is C9H13N3. The van der Waals surface area contributed by atoms with Gasteiger partial charge in [-0.25, -0.2) is 0 Å². The van der Waals surface area contributed by atoms with Crippen LogP contribution >= 0.6 is 0 Å². The highest BCUT2D eigenvalue weighted by molar-refractivity contribution is 5.98. The van der Waals surface area contributed by atoms with Crippen molar-refractivity contribution in [2.75, 3.05) is 0 Å². The van der Waals surface area contributed by atoms with E-state index in [0.717, 1.165) is 16.7 Å². The Bertz CT molecular complexity index is 316. The van der Waals surface area contributed by atoms with Gasteiger partial charge in [0, 0.05) is 5.56 Å². The van der Waals surface area contributed by atoms with Gasteiger partial charge in [0.05, 0.1) is 0 Å². The molecule has 64 valence electrons. The Morgan fingerprint density at radius 1 is 1.33 bits per heavy atom. The van der Waals surface area contributed by atoms with Crippen LogP contribution < -0.4 is 11.6 Å². The first kappa shape index (κ1) is 8.59. The van der Waals surface area contributed by atoms with Gasteiger partial charge in [-0.2, -0.15) is 5.10 Å². The van der Waals surface area contributed by atoms with Crippen LogP contribution in [0.4, 0.5) is 0 Å². The lowest BCUT2D eigenvalue weighted by molar-refractivity contribution is 1.22. The summed E-state index contributed by atoms with van der Waals surface area (Å²) < 4.78 is 0. The Hall–Kier alpha value is -1.51. The molecule has 0 bridgehead atoms. The maximum Gasteiger partial charge on any atom is 0.150 e. The van der Waals surface area contributed by atoms with Crippen LogP contribution in [0.3, 0.4) is 0 Å². The second-order valence-corrected chi connectivity index (χ2v) is 2.83. The van der Waals surface area contributed by atoms with Crippen molar-refractivity contribution in [2.45, 2.75) is 13.8 Å². The molecule has 1 aromatic rings. The third kappa shape index (κ3) is 1.56. The molecule has 0 spiro atoms. The molecule has 1 aromatic carbocycles. The van der Waals surface area contributed by atoms with E-state index < -0.39 is 0 Å². The molecule has 3 nitrogen and oxygen atoms in total. The first-order chi connectivity index (χ1) is 5.65. The van der Waals surface area contributed by atoms with Gasteiger partial charge in [0.1, 0.15) is 0 Å². The summed E-state index contributed by atoms with van der Waals surface area (Å²) in [6.45, 7) is 3.99. The van der Waals surface area contributed by atoms with E-state index in [4.69, 9.17) is 11.6 Å². The average molecular weight is 163 g/mol. The van der Waals surface area contributed by atoms with Crippen LogP contribution in [0.25, 0.3) is 0 Å². The molecule has 0 aliphatic heterocycles. The molecule has 0 atom stereocenters. The molecule has 3 heteroatoms. The van der Waals surface area contributed by atoms with Crippen molar-refractivity contribution in [3.05, 3.63) is 34.9 Å². The smallest absolute Gasteiger partial charge is 0.150 e. The van der Waals surface area contributed by atoms with Crippen molar-refractivity contribution < 1.29 is 0 Å². The maximum absolute atomic E-state index is 5.59. The minimum atomic E-state index is 0.385. The molecule has 0 fully saturated rings.